The van der Waals surface area contributed by atoms with E-state index in [0.717, 1.165) is 57.4 Å². The second kappa shape index (κ2) is 11.1. The number of carbonyl (C=O) groups is 3. The van der Waals surface area contributed by atoms with Gasteiger partial charge in [-0.15, -0.1) is 0 Å². The average molecular weight is 511 g/mol. The number of carbonyl (C=O) groups excluding carboxylic acids is 3. The fraction of sp³-hybridized carbons (Fsp3) is 0.571. The smallest absolute Gasteiger partial charge is 0.360 e. The van der Waals surface area contributed by atoms with E-state index >= 15 is 0 Å². The first-order valence-electron chi connectivity index (χ1n) is 13.5. The number of hydrogen-bond donors (Lipinski definition) is 0. The maximum atomic E-state index is 13.7. The van der Waals surface area contributed by atoms with Gasteiger partial charge in [-0.05, 0) is 38.4 Å². The number of ether oxygens (including phenoxy) is 2. The summed E-state index contributed by atoms with van der Waals surface area (Å²) in [5, 5.41) is 3.70. The standard InChI is InChI=1S/C28H36N3O6/c1-2-35-27(33)22-17-24(37-29-22)23(32)18-31-15-11-20(12-16-31)25(19-31)36-28(34)26(21-9-5-3-6-10-21)30-13-7-4-8-14-30/h3,5-6,9-10,17,20,25-26H,2,4,7-8,11-16,18-19H2,1H3/q+1/t20?,25-,26?,31?/m0/s1. The molecule has 0 radical (unpaired) electrons. The molecule has 1 aromatic carbocycles. The van der Waals surface area contributed by atoms with Gasteiger partial charge < -0.3 is 18.5 Å². The van der Waals surface area contributed by atoms with E-state index in [-0.39, 0.29) is 42.5 Å². The second-order valence-corrected chi connectivity index (χ2v) is 10.6. The predicted molar refractivity (Wildman–Crippen MR) is 134 cm³/mol. The van der Waals surface area contributed by atoms with E-state index in [9.17, 15) is 14.4 Å². The molecule has 4 saturated heterocycles. The zero-order valence-corrected chi connectivity index (χ0v) is 21.5. The molecule has 9 heteroatoms. The lowest BCUT2D eigenvalue weighted by Gasteiger charge is -2.51. The Hall–Kier alpha value is -3.04. The van der Waals surface area contributed by atoms with E-state index in [0.29, 0.717) is 16.9 Å². The van der Waals surface area contributed by atoms with Gasteiger partial charge in [0.05, 0.1) is 19.7 Å². The first kappa shape index (κ1) is 25.6. The Balaban J connectivity index is 1.27. The minimum absolute atomic E-state index is 0.000902. The maximum Gasteiger partial charge on any atom is 0.360 e. The van der Waals surface area contributed by atoms with Gasteiger partial charge in [-0.3, -0.25) is 9.69 Å². The number of likely N-dealkylation sites (tertiary alicyclic amines) is 1. The molecule has 5 heterocycles. The van der Waals surface area contributed by atoms with Crippen molar-refractivity contribution in [1.29, 1.82) is 0 Å². The molecule has 6 rings (SSSR count). The monoisotopic (exact) mass is 510 g/mol. The van der Waals surface area contributed by atoms with Gasteiger partial charge >= 0.3 is 11.9 Å². The van der Waals surface area contributed by atoms with E-state index in [2.05, 4.69) is 10.1 Å². The van der Waals surface area contributed by atoms with Gasteiger partial charge in [0, 0.05) is 24.8 Å². The minimum atomic E-state index is -0.607. The van der Waals surface area contributed by atoms with Crippen LogP contribution >= 0.6 is 0 Å². The summed E-state index contributed by atoms with van der Waals surface area (Å²) in [6.45, 7) is 6.27. The second-order valence-electron chi connectivity index (χ2n) is 10.6. The molecular weight excluding hydrogens is 474 g/mol. The Morgan fingerprint density at radius 3 is 2.54 bits per heavy atom. The van der Waals surface area contributed by atoms with Gasteiger partial charge in [0.15, 0.2) is 11.8 Å². The number of hydrogen-bond acceptors (Lipinski definition) is 8. The molecule has 4 fully saturated rings. The van der Waals surface area contributed by atoms with Crippen molar-refractivity contribution in [3.05, 3.63) is 53.4 Å². The van der Waals surface area contributed by atoms with Crippen molar-refractivity contribution in [2.45, 2.75) is 51.2 Å². The third kappa shape index (κ3) is 5.62. The number of nitrogens with zero attached hydrogens (tertiary/aromatic N) is 3. The van der Waals surface area contributed by atoms with Crippen molar-refractivity contribution in [2.24, 2.45) is 5.92 Å². The SMILES string of the molecule is CCOC(=O)c1cc(C(=O)C[N+]23CCC(CC2)[C@@H](OC(=O)C(c2ccccc2)N2CCCCC2)C3)on1. The van der Waals surface area contributed by atoms with Gasteiger partial charge in [0.2, 0.25) is 5.76 Å². The highest BCUT2D eigenvalue weighted by atomic mass is 16.5. The molecule has 1 aromatic heterocycles. The van der Waals surface area contributed by atoms with Gasteiger partial charge in [-0.2, -0.15) is 0 Å². The molecule has 0 N–H and O–H groups in total. The summed E-state index contributed by atoms with van der Waals surface area (Å²) >= 11 is 0. The maximum absolute atomic E-state index is 13.7. The molecule has 0 spiro atoms. The number of aromatic nitrogens is 1. The van der Waals surface area contributed by atoms with E-state index in [4.69, 9.17) is 14.0 Å². The van der Waals surface area contributed by atoms with Crippen LogP contribution in [0.2, 0.25) is 0 Å². The van der Waals surface area contributed by atoms with Crippen LogP contribution in [-0.4, -0.2) is 84.2 Å². The van der Waals surface area contributed by atoms with Crippen LogP contribution in [0.3, 0.4) is 0 Å². The lowest BCUT2D eigenvalue weighted by Crippen LogP contribution is -2.66. The first-order valence-corrected chi connectivity index (χ1v) is 13.5. The summed E-state index contributed by atoms with van der Waals surface area (Å²) < 4.78 is 16.9. The summed E-state index contributed by atoms with van der Waals surface area (Å²) in [4.78, 5) is 40.9. The molecule has 4 aliphatic heterocycles. The number of rotatable bonds is 9. The molecule has 1 unspecified atom stereocenters. The Bertz CT molecular complexity index is 1100. The van der Waals surface area contributed by atoms with Crippen LogP contribution in [0.4, 0.5) is 0 Å². The van der Waals surface area contributed by atoms with E-state index < -0.39 is 12.0 Å². The topological polar surface area (TPSA) is 98.9 Å². The summed E-state index contributed by atoms with van der Waals surface area (Å²) in [7, 11) is 0. The molecule has 9 nitrogen and oxygen atoms in total. The zero-order valence-electron chi connectivity index (χ0n) is 21.5. The number of quaternary nitrogens is 1. The molecule has 37 heavy (non-hydrogen) atoms. The number of ketones is 1. The largest absolute Gasteiger partial charge is 0.461 e. The van der Waals surface area contributed by atoms with E-state index in [1.165, 1.54) is 12.5 Å². The predicted octanol–water partition coefficient (Wildman–Crippen LogP) is 3.41. The highest BCUT2D eigenvalue weighted by molar-refractivity contribution is 5.97. The van der Waals surface area contributed by atoms with Crippen LogP contribution < -0.4 is 0 Å². The van der Waals surface area contributed by atoms with Gasteiger partial charge in [-0.25, -0.2) is 9.59 Å². The Morgan fingerprint density at radius 2 is 1.84 bits per heavy atom. The quantitative estimate of drug-likeness (QED) is 0.288. The highest BCUT2D eigenvalue weighted by Gasteiger charge is 2.49. The highest BCUT2D eigenvalue weighted by Crippen LogP contribution is 2.37. The van der Waals surface area contributed by atoms with Crippen LogP contribution in [0.15, 0.2) is 40.9 Å². The first-order chi connectivity index (χ1) is 18.0. The van der Waals surface area contributed by atoms with Gasteiger partial charge in [0.1, 0.15) is 19.1 Å². The number of benzene rings is 1. The van der Waals surface area contributed by atoms with Crippen molar-refractivity contribution in [1.82, 2.24) is 10.1 Å². The van der Waals surface area contributed by atoms with Crippen molar-refractivity contribution in [3.63, 3.8) is 0 Å². The number of fused-ring (bicyclic) bond motifs is 3. The summed E-state index contributed by atoms with van der Waals surface area (Å²) in [6.07, 6.45) is 4.97. The third-order valence-electron chi connectivity index (χ3n) is 8.15. The summed E-state index contributed by atoms with van der Waals surface area (Å²) in [6, 6.07) is 10.9. The van der Waals surface area contributed by atoms with Crippen LogP contribution in [-0.2, 0) is 14.3 Å². The summed E-state index contributed by atoms with van der Waals surface area (Å²) in [5.74, 6) is -0.622. The zero-order chi connectivity index (χ0) is 25.8. The van der Waals surface area contributed by atoms with Gasteiger partial charge in [0.25, 0.3) is 5.78 Å². The average Bonchev–Trinajstić information content (AvgIpc) is 3.42. The van der Waals surface area contributed by atoms with E-state index in [1.807, 2.05) is 30.3 Å². The lowest BCUT2D eigenvalue weighted by molar-refractivity contribution is -0.938. The van der Waals surface area contributed by atoms with Crippen molar-refractivity contribution >= 4 is 17.7 Å². The van der Waals surface area contributed by atoms with Crippen LogP contribution in [0.1, 0.15) is 71.7 Å². The molecule has 2 bridgehead atoms. The van der Waals surface area contributed by atoms with Crippen LogP contribution in [0.25, 0.3) is 0 Å². The number of Topliss-reactive ketones (excluding diaryl/α,β-unsaturated/α-hetero) is 1. The van der Waals surface area contributed by atoms with Crippen LogP contribution in [0.5, 0.6) is 0 Å². The molecule has 0 saturated carbocycles. The molecular formula is C28H36N3O6+. The molecule has 4 aliphatic rings. The molecule has 2 atom stereocenters. The fourth-order valence-corrected chi connectivity index (χ4v) is 6.19. The number of esters is 2. The molecule has 198 valence electrons. The van der Waals surface area contributed by atoms with Crippen molar-refractivity contribution in [3.8, 4) is 0 Å². The van der Waals surface area contributed by atoms with E-state index in [1.54, 1.807) is 6.92 Å². The normalized spacial score (nSPS) is 26.4. The Morgan fingerprint density at radius 1 is 1.11 bits per heavy atom. The van der Waals surface area contributed by atoms with Crippen molar-refractivity contribution < 1.29 is 32.9 Å². The molecule has 2 aromatic rings. The summed E-state index contributed by atoms with van der Waals surface area (Å²) in [5.41, 5.74) is 0.969. The lowest BCUT2D eigenvalue weighted by atomic mass is 9.83. The fourth-order valence-electron chi connectivity index (χ4n) is 6.19. The molecule has 0 amide bonds. The van der Waals surface area contributed by atoms with Crippen molar-refractivity contribution in [2.75, 3.05) is 45.9 Å². The third-order valence-corrected chi connectivity index (χ3v) is 8.15. The number of piperidine rings is 4. The van der Waals surface area contributed by atoms with Crippen LogP contribution in [0, 0.1) is 5.92 Å². The minimum Gasteiger partial charge on any atom is -0.461 e. The Kier molecular flexibility index (Phi) is 7.71. The van der Waals surface area contributed by atoms with Gasteiger partial charge in [-0.1, -0.05) is 41.9 Å². The molecule has 0 aliphatic carbocycles. The Labute approximate surface area is 217 Å².